The van der Waals surface area contributed by atoms with Gasteiger partial charge < -0.3 is 20.3 Å². The molecule has 3 unspecified atom stereocenters. The zero-order valence-electron chi connectivity index (χ0n) is 37.3. The molecule has 0 aromatic heterocycles. The molecule has 56 heavy (non-hydrogen) atoms. The van der Waals surface area contributed by atoms with Crippen molar-refractivity contribution < 1.29 is 24.5 Å². The Balaban J connectivity index is 4.57. The number of rotatable bonds is 43. The van der Waals surface area contributed by atoms with E-state index in [0.29, 0.717) is 19.3 Å². The molecule has 3 atom stereocenters. The predicted octanol–water partition coefficient (Wildman–Crippen LogP) is 14.1. The SMILES string of the molecule is CC/C=C/C/C=C/C/C=C/CCCCC(CC(=O)NC(CO)C(O)CCCCCCCCCCC)OC(=O)CCCCCCCCCCCCCCCCCC. The van der Waals surface area contributed by atoms with Gasteiger partial charge in [0.05, 0.1) is 25.2 Å². The second-order valence-electron chi connectivity index (χ2n) is 16.5. The number of hydrogen-bond donors (Lipinski definition) is 3. The van der Waals surface area contributed by atoms with Crippen molar-refractivity contribution in [2.45, 2.75) is 264 Å². The first-order valence-corrected chi connectivity index (χ1v) is 24.2. The molecule has 0 aromatic carbocycles. The molecule has 0 fully saturated rings. The molecule has 3 N–H and O–H groups in total. The van der Waals surface area contributed by atoms with E-state index in [9.17, 15) is 19.8 Å². The van der Waals surface area contributed by atoms with Gasteiger partial charge in [0.15, 0.2) is 0 Å². The van der Waals surface area contributed by atoms with Crippen molar-refractivity contribution in [3.05, 3.63) is 36.5 Å². The van der Waals surface area contributed by atoms with Crippen molar-refractivity contribution in [2.75, 3.05) is 6.61 Å². The van der Waals surface area contributed by atoms with Crippen LogP contribution in [-0.4, -0.2) is 46.9 Å². The average molecular weight is 788 g/mol. The lowest BCUT2D eigenvalue weighted by Gasteiger charge is -2.24. The summed E-state index contributed by atoms with van der Waals surface area (Å²) in [5.41, 5.74) is 0. The third-order valence-corrected chi connectivity index (χ3v) is 11.0. The van der Waals surface area contributed by atoms with Crippen LogP contribution in [-0.2, 0) is 14.3 Å². The summed E-state index contributed by atoms with van der Waals surface area (Å²) in [5, 5.41) is 23.6. The quantitative estimate of drug-likeness (QED) is 0.0325. The van der Waals surface area contributed by atoms with Crippen LogP contribution >= 0.6 is 0 Å². The Hall–Kier alpha value is -1.92. The van der Waals surface area contributed by atoms with Crippen molar-refractivity contribution in [3.8, 4) is 0 Å². The molecular formula is C50H93NO5. The predicted molar refractivity (Wildman–Crippen MR) is 241 cm³/mol. The second-order valence-corrected chi connectivity index (χ2v) is 16.5. The van der Waals surface area contributed by atoms with Crippen LogP contribution in [0.1, 0.15) is 245 Å². The molecule has 0 radical (unpaired) electrons. The lowest BCUT2D eigenvalue weighted by Crippen LogP contribution is -2.46. The van der Waals surface area contributed by atoms with Gasteiger partial charge in [0.25, 0.3) is 0 Å². The Bertz CT molecular complexity index is 930. The fraction of sp³-hybridized carbons (Fsp3) is 0.840. The van der Waals surface area contributed by atoms with Crippen molar-refractivity contribution >= 4 is 11.9 Å². The Morgan fingerprint density at radius 2 is 0.964 bits per heavy atom. The van der Waals surface area contributed by atoms with Crippen LogP contribution in [0.15, 0.2) is 36.5 Å². The molecule has 0 saturated carbocycles. The number of carbonyl (C=O) groups is 2. The number of nitrogens with one attached hydrogen (secondary N) is 1. The summed E-state index contributed by atoms with van der Waals surface area (Å²) in [5.74, 6) is -0.506. The third-order valence-electron chi connectivity index (χ3n) is 11.0. The molecule has 0 aliphatic carbocycles. The number of esters is 1. The summed E-state index contributed by atoms with van der Waals surface area (Å²) in [7, 11) is 0. The highest BCUT2D eigenvalue weighted by Gasteiger charge is 2.24. The zero-order chi connectivity index (χ0) is 41.0. The maximum atomic E-state index is 13.1. The smallest absolute Gasteiger partial charge is 0.306 e. The van der Waals surface area contributed by atoms with Crippen LogP contribution in [0.3, 0.4) is 0 Å². The molecule has 6 heteroatoms. The van der Waals surface area contributed by atoms with E-state index in [-0.39, 0.29) is 24.9 Å². The highest BCUT2D eigenvalue weighted by molar-refractivity contribution is 5.77. The van der Waals surface area contributed by atoms with E-state index in [2.05, 4.69) is 62.5 Å². The van der Waals surface area contributed by atoms with Gasteiger partial charge >= 0.3 is 5.97 Å². The van der Waals surface area contributed by atoms with Crippen LogP contribution in [0.2, 0.25) is 0 Å². The van der Waals surface area contributed by atoms with Gasteiger partial charge in [-0.2, -0.15) is 0 Å². The Kier molecular flexibility index (Phi) is 42.7. The molecule has 0 heterocycles. The number of aliphatic hydroxyl groups is 2. The van der Waals surface area contributed by atoms with Crippen molar-refractivity contribution in [1.29, 1.82) is 0 Å². The number of aliphatic hydroxyl groups excluding tert-OH is 2. The van der Waals surface area contributed by atoms with Gasteiger partial charge in [-0.1, -0.05) is 211 Å². The van der Waals surface area contributed by atoms with E-state index in [0.717, 1.165) is 77.0 Å². The van der Waals surface area contributed by atoms with Crippen LogP contribution in [0.25, 0.3) is 0 Å². The van der Waals surface area contributed by atoms with Gasteiger partial charge in [0.2, 0.25) is 5.91 Å². The van der Waals surface area contributed by atoms with Gasteiger partial charge in [-0.05, 0) is 57.8 Å². The lowest BCUT2D eigenvalue weighted by atomic mass is 10.0. The number of amides is 1. The summed E-state index contributed by atoms with van der Waals surface area (Å²) >= 11 is 0. The first-order chi connectivity index (χ1) is 27.5. The van der Waals surface area contributed by atoms with Crippen molar-refractivity contribution in [2.24, 2.45) is 0 Å². The number of allylic oxidation sites excluding steroid dienone is 6. The van der Waals surface area contributed by atoms with E-state index in [1.165, 1.54) is 122 Å². The van der Waals surface area contributed by atoms with Crippen LogP contribution < -0.4 is 5.32 Å². The zero-order valence-corrected chi connectivity index (χ0v) is 37.3. The standard InChI is InChI=1S/C50H93NO5/c1-4-7-10-13-16-19-21-23-24-25-26-28-31-34-37-40-43-50(55)56-46(41-38-35-32-30-27-22-20-17-14-11-8-5-2)44-49(54)51-47(45-52)48(53)42-39-36-33-29-18-15-12-9-6-3/h8,11,17,20,27,30,46-48,52-53H,4-7,9-10,12-16,18-19,21-26,28-29,31-45H2,1-3H3,(H,51,54)/b11-8+,20-17+,30-27+. The van der Waals surface area contributed by atoms with Gasteiger partial charge in [0.1, 0.15) is 6.10 Å². The van der Waals surface area contributed by atoms with Crippen LogP contribution in [0.5, 0.6) is 0 Å². The molecule has 0 saturated heterocycles. The van der Waals surface area contributed by atoms with E-state index in [1.54, 1.807) is 0 Å². The number of ether oxygens (including phenoxy) is 1. The molecule has 0 aromatic rings. The molecule has 6 nitrogen and oxygen atoms in total. The Labute approximate surface area is 347 Å². The maximum Gasteiger partial charge on any atom is 0.306 e. The third kappa shape index (κ3) is 38.9. The van der Waals surface area contributed by atoms with Gasteiger partial charge in [-0.25, -0.2) is 0 Å². The summed E-state index contributed by atoms with van der Waals surface area (Å²) < 4.78 is 5.90. The van der Waals surface area contributed by atoms with E-state index in [1.807, 2.05) is 0 Å². The fourth-order valence-electron chi connectivity index (χ4n) is 7.33. The minimum atomic E-state index is -0.793. The number of carbonyl (C=O) groups excluding carboxylic acids is 2. The minimum Gasteiger partial charge on any atom is -0.462 e. The van der Waals surface area contributed by atoms with Gasteiger partial charge in [0, 0.05) is 6.42 Å². The molecule has 1 amide bonds. The maximum absolute atomic E-state index is 13.1. The summed E-state index contributed by atoms with van der Waals surface area (Å²) in [4.78, 5) is 26.0. The molecule has 0 spiro atoms. The summed E-state index contributed by atoms with van der Waals surface area (Å²) in [6, 6.07) is -0.708. The average Bonchev–Trinajstić information content (AvgIpc) is 3.19. The Morgan fingerprint density at radius 1 is 0.536 bits per heavy atom. The van der Waals surface area contributed by atoms with E-state index in [4.69, 9.17) is 4.74 Å². The minimum absolute atomic E-state index is 0.0546. The molecule has 0 aliphatic heterocycles. The number of unbranched alkanes of at least 4 members (excludes halogenated alkanes) is 25. The largest absolute Gasteiger partial charge is 0.462 e. The molecule has 0 aliphatic rings. The first-order valence-electron chi connectivity index (χ1n) is 24.2. The Morgan fingerprint density at radius 3 is 1.45 bits per heavy atom. The normalized spacial score (nSPS) is 13.6. The summed E-state index contributed by atoms with van der Waals surface area (Å²) in [6.45, 7) is 6.34. The monoisotopic (exact) mass is 788 g/mol. The first kappa shape index (κ1) is 54.1. The number of hydrogen-bond acceptors (Lipinski definition) is 5. The lowest BCUT2D eigenvalue weighted by molar-refractivity contribution is -0.151. The van der Waals surface area contributed by atoms with E-state index >= 15 is 0 Å². The highest BCUT2D eigenvalue weighted by Crippen LogP contribution is 2.17. The van der Waals surface area contributed by atoms with Crippen molar-refractivity contribution in [1.82, 2.24) is 5.32 Å². The van der Waals surface area contributed by atoms with Crippen molar-refractivity contribution in [3.63, 3.8) is 0 Å². The fourth-order valence-corrected chi connectivity index (χ4v) is 7.33. The molecule has 328 valence electrons. The van der Waals surface area contributed by atoms with Gasteiger partial charge in [-0.3, -0.25) is 9.59 Å². The van der Waals surface area contributed by atoms with Gasteiger partial charge in [-0.15, -0.1) is 0 Å². The van der Waals surface area contributed by atoms with E-state index < -0.39 is 18.2 Å². The molecule has 0 bridgehead atoms. The molecular weight excluding hydrogens is 695 g/mol. The highest BCUT2D eigenvalue weighted by atomic mass is 16.5. The molecule has 0 rings (SSSR count). The second kappa shape index (κ2) is 44.2. The van der Waals surface area contributed by atoms with Crippen LogP contribution in [0.4, 0.5) is 0 Å². The topological polar surface area (TPSA) is 95.9 Å². The summed E-state index contributed by atoms with van der Waals surface area (Å²) in [6.07, 6.45) is 50.7. The van der Waals surface area contributed by atoms with Crippen LogP contribution in [0, 0.1) is 0 Å².